The monoisotopic (exact) mass is 125 g/mol. The van der Waals surface area contributed by atoms with Crippen molar-refractivity contribution < 1.29 is 4.74 Å². The summed E-state index contributed by atoms with van der Waals surface area (Å²) in [6, 6.07) is 0. The van der Waals surface area contributed by atoms with Crippen molar-refractivity contribution in [1.82, 2.24) is 0 Å². The Kier molecular flexibility index (Phi) is 1.90. The van der Waals surface area contributed by atoms with Crippen LogP contribution in [-0.2, 0) is 4.74 Å². The molecule has 1 heterocycles. The van der Waals surface area contributed by atoms with Crippen LogP contribution < -0.4 is 5.73 Å². The van der Waals surface area contributed by atoms with Crippen LogP contribution in [0.1, 0.15) is 13.3 Å². The van der Waals surface area contributed by atoms with E-state index < -0.39 is 0 Å². The first-order chi connectivity index (χ1) is 4.34. The first-order valence-electron chi connectivity index (χ1n) is 3.11. The largest absolute Gasteiger partial charge is 0.479 e. The zero-order chi connectivity index (χ0) is 6.69. The molecular formula is C7H11NO. The average Bonchev–Trinajstić information content (AvgIpc) is 1.89. The van der Waals surface area contributed by atoms with E-state index in [2.05, 4.69) is 6.92 Å². The second-order valence-electron chi connectivity index (χ2n) is 1.98. The Morgan fingerprint density at radius 1 is 1.78 bits per heavy atom. The van der Waals surface area contributed by atoms with Crippen molar-refractivity contribution in [3.63, 3.8) is 0 Å². The van der Waals surface area contributed by atoms with Crippen LogP contribution in [-0.4, -0.2) is 6.23 Å². The minimum absolute atomic E-state index is 0.208. The van der Waals surface area contributed by atoms with Gasteiger partial charge in [0.15, 0.2) is 6.23 Å². The molecule has 1 rings (SSSR count). The third kappa shape index (κ3) is 1.33. The fraction of sp³-hybridized carbons (Fsp3) is 0.429. The van der Waals surface area contributed by atoms with Crippen LogP contribution in [0.15, 0.2) is 24.0 Å². The Morgan fingerprint density at radius 2 is 2.56 bits per heavy atom. The summed E-state index contributed by atoms with van der Waals surface area (Å²) in [5.74, 6) is 0. The molecular weight excluding hydrogens is 114 g/mol. The molecule has 0 amide bonds. The topological polar surface area (TPSA) is 35.2 Å². The summed E-state index contributed by atoms with van der Waals surface area (Å²) >= 11 is 0. The van der Waals surface area contributed by atoms with E-state index in [-0.39, 0.29) is 6.23 Å². The number of hydrogen-bond acceptors (Lipinski definition) is 2. The van der Waals surface area contributed by atoms with Crippen molar-refractivity contribution in [3.8, 4) is 0 Å². The lowest BCUT2D eigenvalue weighted by Gasteiger charge is -2.16. The Hall–Kier alpha value is -0.760. The van der Waals surface area contributed by atoms with Crippen molar-refractivity contribution >= 4 is 0 Å². The molecule has 1 unspecified atom stereocenters. The van der Waals surface area contributed by atoms with Gasteiger partial charge in [-0.15, -0.1) is 0 Å². The summed E-state index contributed by atoms with van der Waals surface area (Å²) in [6.45, 7) is 2.06. The molecule has 1 aliphatic rings. The molecule has 0 saturated carbocycles. The SMILES string of the molecule is CCC1=CC=COC1N. The van der Waals surface area contributed by atoms with Gasteiger partial charge in [-0.05, 0) is 18.1 Å². The van der Waals surface area contributed by atoms with Crippen LogP contribution in [0.3, 0.4) is 0 Å². The van der Waals surface area contributed by atoms with Gasteiger partial charge in [0.2, 0.25) is 0 Å². The highest BCUT2D eigenvalue weighted by atomic mass is 16.5. The molecule has 1 atom stereocenters. The van der Waals surface area contributed by atoms with Gasteiger partial charge in [-0.25, -0.2) is 0 Å². The second kappa shape index (κ2) is 2.69. The molecule has 2 heteroatoms. The van der Waals surface area contributed by atoms with E-state index in [1.54, 1.807) is 6.26 Å². The molecule has 0 saturated heterocycles. The lowest BCUT2D eigenvalue weighted by atomic mass is 10.1. The molecule has 0 radical (unpaired) electrons. The highest BCUT2D eigenvalue weighted by Gasteiger charge is 2.07. The summed E-state index contributed by atoms with van der Waals surface area (Å²) in [6.07, 6.45) is 6.23. The van der Waals surface area contributed by atoms with Gasteiger partial charge in [0.05, 0.1) is 6.26 Å². The Balaban J connectivity index is 2.63. The fourth-order valence-corrected chi connectivity index (χ4v) is 0.794. The van der Waals surface area contributed by atoms with Gasteiger partial charge in [-0.1, -0.05) is 13.0 Å². The van der Waals surface area contributed by atoms with Gasteiger partial charge in [0.1, 0.15) is 0 Å². The fourth-order valence-electron chi connectivity index (χ4n) is 0.794. The van der Waals surface area contributed by atoms with Crippen LogP contribution in [0.4, 0.5) is 0 Å². The van der Waals surface area contributed by atoms with Gasteiger partial charge < -0.3 is 4.74 Å². The van der Waals surface area contributed by atoms with Crippen molar-refractivity contribution in [2.24, 2.45) is 5.73 Å². The van der Waals surface area contributed by atoms with Crippen LogP contribution in [0.2, 0.25) is 0 Å². The zero-order valence-corrected chi connectivity index (χ0v) is 5.50. The maximum absolute atomic E-state index is 5.55. The minimum Gasteiger partial charge on any atom is -0.479 e. The Bertz CT molecular complexity index is 149. The number of ether oxygens (including phenoxy) is 1. The normalized spacial score (nSPS) is 25.1. The van der Waals surface area contributed by atoms with E-state index in [4.69, 9.17) is 10.5 Å². The third-order valence-corrected chi connectivity index (χ3v) is 1.39. The average molecular weight is 125 g/mol. The molecule has 0 bridgehead atoms. The minimum atomic E-state index is -0.208. The predicted octanol–water partition coefficient (Wildman–Crippen LogP) is 1.15. The standard InChI is InChI=1S/C7H11NO/c1-2-6-4-3-5-9-7(6)8/h3-5,7H,2,8H2,1H3. The van der Waals surface area contributed by atoms with Gasteiger partial charge in [0, 0.05) is 0 Å². The van der Waals surface area contributed by atoms with Gasteiger partial charge in [-0.2, -0.15) is 0 Å². The van der Waals surface area contributed by atoms with E-state index >= 15 is 0 Å². The maximum Gasteiger partial charge on any atom is 0.169 e. The molecule has 1 aliphatic heterocycles. The molecule has 0 aromatic carbocycles. The second-order valence-corrected chi connectivity index (χ2v) is 1.98. The zero-order valence-electron chi connectivity index (χ0n) is 5.50. The molecule has 50 valence electrons. The van der Waals surface area contributed by atoms with E-state index in [1.807, 2.05) is 12.2 Å². The van der Waals surface area contributed by atoms with Crippen molar-refractivity contribution in [2.75, 3.05) is 0 Å². The summed E-state index contributed by atoms with van der Waals surface area (Å²) in [4.78, 5) is 0. The summed E-state index contributed by atoms with van der Waals surface area (Å²) in [5.41, 5.74) is 6.70. The Labute approximate surface area is 55.0 Å². The molecule has 0 fully saturated rings. The predicted molar refractivity (Wildman–Crippen MR) is 36.6 cm³/mol. The smallest absolute Gasteiger partial charge is 0.169 e. The Morgan fingerprint density at radius 3 is 3.00 bits per heavy atom. The van der Waals surface area contributed by atoms with Crippen molar-refractivity contribution in [2.45, 2.75) is 19.6 Å². The lowest BCUT2D eigenvalue weighted by molar-refractivity contribution is 0.175. The molecule has 0 aromatic rings. The van der Waals surface area contributed by atoms with E-state index in [9.17, 15) is 0 Å². The van der Waals surface area contributed by atoms with Crippen LogP contribution in [0.25, 0.3) is 0 Å². The first kappa shape index (κ1) is 6.36. The summed E-state index contributed by atoms with van der Waals surface area (Å²) < 4.78 is 5.01. The third-order valence-electron chi connectivity index (χ3n) is 1.39. The van der Waals surface area contributed by atoms with Crippen molar-refractivity contribution in [3.05, 3.63) is 24.0 Å². The van der Waals surface area contributed by atoms with Crippen LogP contribution >= 0.6 is 0 Å². The van der Waals surface area contributed by atoms with E-state index in [0.29, 0.717) is 0 Å². The number of nitrogens with two attached hydrogens (primary N) is 1. The number of hydrogen-bond donors (Lipinski definition) is 1. The molecule has 0 spiro atoms. The van der Waals surface area contributed by atoms with Gasteiger partial charge in [0.25, 0.3) is 0 Å². The van der Waals surface area contributed by atoms with E-state index in [1.165, 1.54) is 0 Å². The maximum atomic E-state index is 5.55. The highest BCUT2D eigenvalue weighted by Crippen LogP contribution is 2.10. The summed E-state index contributed by atoms with van der Waals surface area (Å²) in [7, 11) is 0. The quantitative estimate of drug-likeness (QED) is 0.570. The highest BCUT2D eigenvalue weighted by molar-refractivity contribution is 5.17. The van der Waals surface area contributed by atoms with Crippen LogP contribution in [0, 0.1) is 0 Å². The molecule has 0 aliphatic carbocycles. The molecule has 9 heavy (non-hydrogen) atoms. The molecule has 2 nitrogen and oxygen atoms in total. The van der Waals surface area contributed by atoms with Crippen LogP contribution in [0.5, 0.6) is 0 Å². The van der Waals surface area contributed by atoms with E-state index in [0.717, 1.165) is 12.0 Å². The number of allylic oxidation sites excluding steroid dienone is 2. The lowest BCUT2D eigenvalue weighted by Crippen LogP contribution is -2.25. The van der Waals surface area contributed by atoms with Gasteiger partial charge >= 0.3 is 0 Å². The van der Waals surface area contributed by atoms with Gasteiger partial charge in [-0.3, -0.25) is 5.73 Å². The molecule has 2 N–H and O–H groups in total. The summed E-state index contributed by atoms with van der Waals surface area (Å²) in [5, 5.41) is 0. The molecule has 0 aromatic heterocycles. The first-order valence-corrected chi connectivity index (χ1v) is 3.11. The van der Waals surface area contributed by atoms with Crippen molar-refractivity contribution in [1.29, 1.82) is 0 Å². The number of rotatable bonds is 1.